The molecule has 0 atom stereocenters. The number of carbonyl (C=O) groups excluding carboxylic acids is 1. The van der Waals surface area contributed by atoms with Crippen LogP contribution < -0.4 is 5.32 Å². The van der Waals surface area contributed by atoms with Crippen LogP contribution in [0.4, 0.5) is 5.69 Å². The van der Waals surface area contributed by atoms with E-state index in [-0.39, 0.29) is 18.0 Å². The van der Waals surface area contributed by atoms with E-state index in [0.717, 1.165) is 18.6 Å². The second kappa shape index (κ2) is 5.40. The first-order valence-electron chi connectivity index (χ1n) is 6.70. The van der Waals surface area contributed by atoms with E-state index in [1.165, 1.54) is 0 Å². The molecule has 1 amide bonds. The topological polar surface area (TPSA) is 92.4 Å². The fourth-order valence-corrected chi connectivity index (χ4v) is 2.09. The third-order valence-corrected chi connectivity index (χ3v) is 3.28. The molecule has 3 rings (SSSR count). The fourth-order valence-electron chi connectivity index (χ4n) is 2.09. The molecule has 1 aliphatic carbocycles. The zero-order valence-corrected chi connectivity index (χ0v) is 11.2. The minimum Gasteiger partial charge on any atom is -0.481 e. The minimum absolute atomic E-state index is 0.0838. The van der Waals surface area contributed by atoms with Gasteiger partial charge in [0.2, 0.25) is 0 Å². The number of hydrogen-bond donors (Lipinski definition) is 2. The summed E-state index contributed by atoms with van der Waals surface area (Å²) in [5.41, 5.74) is 1.40. The second-order valence-corrected chi connectivity index (χ2v) is 5.11. The van der Waals surface area contributed by atoms with Crippen molar-refractivity contribution in [2.24, 2.45) is 0 Å². The number of aromatic nitrogens is 1. The normalized spacial score (nSPS) is 13.9. The molecule has 2 N–H and O–H groups in total. The van der Waals surface area contributed by atoms with Crippen molar-refractivity contribution < 1.29 is 19.2 Å². The van der Waals surface area contributed by atoms with Crippen LogP contribution in [0.25, 0.3) is 0 Å². The number of rotatable bonds is 5. The summed E-state index contributed by atoms with van der Waals surface area (Å²) in [6, 6.07) is 8.39. The van der Waals surface area contributed by atoms with Crippen LogP contribution in [-0.4, -0.2) is 22.1 Å². The van der Waals surface area contributed by atoms with Gasteiger partial charge in [-0.05, 0) is 30.5 Å². The fraction of sp³-hybridized carbons (Fsp3) is 0.267. The van der Waals surface area contributed by atoms with Crippen molar-refractivity contribution in [3.63, 3.8) is 0 Å². The molecule has 1 aromatic carbocycles. The van der Waals surface area contributed by atoms with Crippen LogP contribution in [0.5, 0.6) is 0 Å². The SMILES string of the molecule is O=C(O)Cc1cccc(NC(=O)c2cc(C3CC3)on2)c1. The smallest absolute Gasteiger partial charge is 0.307 e. The molecule has 6 heteroatoms. The van der Waals surface area contributed by atoms with Gasteiger partial charge in [-0.25, -0.2) is 0 Å². The molecule has 108 valence electrons. The Balaban J connectivity index is 1.69. The molecule has 1 heterocycles. The first-order chi connectivity index (χ1) is 10.1. The molecule has 1 saturated carbocycles. The Labute approximate surface area is 120 Å². The number of anilines is 1. The van der Waals surface area contributed by atoms with E-state index in [4.69, 9.17) is 9.63 Å². The third-order valence-electron chi connectivity index (χ3n) is 3.28. The van der Waals surface area contributed by atoms with Crippen molar-refractivity contribution >= 4 is 17.6 Å². The highest BCUT2D eigenvalue weighted by molar-refractivity contribution is 6.02. The molecule has 6 nitrogen and oxygen atoms in total. The van der Waals surface area contributed by atoms with Crippen molar-refractivity contribution in [2.45, 2.75) is 25.2 Å². The zero-order valence-electron chi connectivity index (χ0n) is 11.2. The highest BCUT2D eigenvalue weighted by Crippen LogP contribution is 2.40. The van der Waals surface area contributed by atoms with E-state index in [2.05, 4.69) is 10.5 Å². The number of nitrogens with one attached hydrogen (secondary N) is 1. The van der Waals surface area contributed by atoms with Gasteiger partial charge in [-0.1, -0.05) is 17.3 Å². The predicted molar refractivity (Wildman–Crippen MR) is 74.2 cm³/mol. The number of nitrogens with zero attached hydrogens (tertiary/aromatic N) is 1. The lowest BCUT2D eigenvalue weighted by molar-refractivity contribution is -0.136. The summed E-state index contributed by atoms with van der Waals surface area (Å²) < 4.78 is 5.14. The number of aliphatic carboxylic acids is 1. The van der Waals surface area contributed by atoms with E-state index in [1.807, 2.05) is 0 Å². The molecule has 2 aromatic rings. The molecule has 0 saturated heterocycles. The molecule has 1 aromatic heterocycles. The lowest BCUT2D eigenvalue weighted by Gasteiger charge is -2.04. The first-order valence-corrected chi connectivity index (χ1v) is 6.70. The van der Waals surface area contributed by atoms with Crippen LogP contribution in [0.2, 0.25) is 0 Å². The van der Waals surface area contributed by atoms with Gasteiger partial charge in [0.1, 0.15) is 5.76 Å². The predicted octanol–water partition coefficient (Wildman–Crippen LogP) is 2.43. The number of carbonyl (C=O) groups is 2. The average Bonchev–Trinajstić information content (AvgIpc) is 3.16. The Bertz CT molecular complexity index is 688. The highest BCUT2D eigenvalue weighted by atomic mass is 16.5. The van der Waals surface area contributed by atoms with Gasteiger partial charge in [-0.2, -0.15) is 0 Å². The summed E-state index contributed by atoms with van der Waals surface area (Å²) in [6.45, 7) is 0. The Kier molecular flexibility index (Phi) is 3.43. The summed E-state index contributed by atoms with van der Waals surface area (Å²) in [7, 11) is 0. The van der Waals surface area contributed by atoms with Gasteiger partial charge < -0.3 is 14.9 Å². The molecule has 0 aliphatic heterocycles. The van der Waals surface area contributed by atoms with Crippen molar-refractivity contribution in [1.29, 1.82) is 0 Å². The van der Waals surface area contributed by atoms with Crippen molar-refractivity contribution in [1.82, 2.24) is 5.16 Å². The van der Waals surface area contributed by atoms with Gasteiger partial charge in [0.05, 0.1) is 6.42 Å². The van der Waals surface area contributed by atoms with E-state index in [9.17, 15) is 9.59 Å². The first kappa shape index (κ1) is 13.4. The maximum Gasteiger partial charge on any atom is 0.307 e. The Morgan fingerprint density at radius 2 is 2.14 bits per heavy atom. The maximum absolute atomic E-state index is 12.1. The van der Waals surface area contributed by atoms with Gasteiger partial charge in [0.25, 0.3) is 5.91 Å². The van der Waals surface area contributed by atoms with Gasteiger partial charge in [0.15, 0.2) is 5.69 Å². The molecule has 0 unspecified atom stereocenters. The van der Waals surface area contributed by atoms with Gasteiger partial charge in [0, 0.05) is 17.7 Å². The Morgan fingerprint density at radius 3 is 2.86 bits per heavy atom. The van der Waals surface area contributed by atoms with Crippen molar-refractivity contribution in [3.05, 3.63) is 47.3 Å². The maximum atomic E-state index is 12.1. The van der Waals surface area contributed by atoms with E-state index < -0.39 is 5.97 Å². The molecule has 0 bridgehead atoms. The van der Waals surface area contributed by atoms with E-state index >= 15 is 0 Å². The Morgan fingerprint density at radius 1 is 1.33 bits per heavy atom. The molecular formula is C15H14N2O4. The lowest BCUT2D eigenvalue weighted by atomic mass is 10.1. The number of carboxylic acid groups (broad SMARTS) is 1. The third kappa shape index (κ3) is 3.28. The number of carboxylic acids is 1. The van der Waals surface area contributed by atoms with Crippen LogP contribution in [0, 0.1) is 0 Å². The zero-order chi connectivity index (χ0) is 14.8. The minimum atomic E-state index is -0.913. The molecule has 1 aliphatic rings. The Hall–Kier alpha value is -2.63. The van der Waals surface area contributed by atoms with Crippen LogP contribution >= 0.6 is 0 Å². The summed E-state index contributed by atoms with van der Waals surface area (Å²) in [5.74, 6) is -0.125. The summed E-state index contributed by atoms with van der Waals surface area (Å²) in [4.78, 5) is 22.7. The van der Waals surface area contributed by atoms with Crippen molar-refractivity contribution in [3.8, 4) is 0 Å². The van der Waals surface area contributed by atoms with Crippen LogP contribution in [-0.2, 0) is 11.2 Å². The number of amides is 1. The standard InChI is InChI=1S/C15H14N2O4/c18-14(19)7-9-2-1-3-11(6-9)16-15(20)12-8-13(21-17-12)10-4-5-10/h1-3,6,8,10H,4-5,7H2,(H,16,20)(H,18,19). The molecule has 21 heavy (non-hydrogen) atoms. The average molecular weight is 286 g/mol. The highest BCUT2D eigenvalue weighted by Gasteiger charge is 2.28. The molecular weight excluding hydrogens is 272 g/mol. The lowest BCUT2D eigenvalue weighted by Crippen LogP contribution is -2.12. The molecule has 1 fully saturated rings. The van der Waals surface area contributed by atoms with Gasteiger partial charge >= 0.3 is 5.97 Å². The number of hydrogen-bond acceptors (Lipinski definition) is 4. The van der Waals surface area contributed by atoms with Crippen molar-refractivity contribution in [2.75, 3.05) is 5.32 Å². The molecule has 0 radical (unpaired) electrons. The summed E-state index contributed by atoms with van der Waals surface area (Å²) in [5, 5.41) is 15.2. The summed E-state index contributed by atoms with van der Waals surface area (Å²) in [6.07, 6.45) is 2.07. The summed E-state index contributed by atoms with van der Waals surface area (Å²) >= 11 is 0. The van der Waals surface area contributed by atoms with E-state index in [0.29, 0.717) is 17.2 Å². The van der Waals surface area contributed by atoms with Gasteiger partial charge in [-0.3, -0.25) is 9.59 Å². The van der Waals surface area contributed by atoms with E-state index in [1.54, 1.807) is 30.3 Å². The monoisotopic (exact) mass is 286 g/mol. The van der Waals surface area contributed by atoms with Gasteiger partial charge in [-0.15, -0.1) is 0 Å². The second-order valence-electron chi connectivity index (χ2n) is 5.11. The van der Waals surface area contributed by atoms with Crippen LogP contribution in [0.15, 0.2) is 34.9 Å². The number of benzene rings is 1. The van der Waals surface area contributed by atoms with Crippen LogP contribution in [0.1, 0.15) is 40.6 Å². The van der Waals surface area contributed by atoms with Crippen LogP contribution in [0.3, 0.4) is 0 Å². The molecule has 0 spiro atoms. The largest absolute Gasteiger partial charge is 0.481 e. The quantitative estimate of drug-likeness (QED) is 0.880.